The van der Waals surface area contributed by atoms with Crippen LogP contribution in [-0.2, 0) is 11.2 Å². The number of benzene rings is 1. The van der Waals surface area contributed by atoms with Crippen LogP contribution >= 0.6 is 0 Å². The number of hydrogen-bond donors (Lipinski definition) is 1. The van der Waals surface area contributed by atoms with Crippen LogP contribution in [0.25, 0.3) is 11.3 Å². The van der Waals surface area contributed by atoms with Crippen molar-refractivity contribution in [3.63, 3.8) is 0 Å². The molecule has 1 N–H and O–H groups in total. The summed E-state index contributed by atoms with van der Waals surface area (Å²) < 4.78 is 55.0. The molecule has 4 rings (SSSR count). The first-order valence-corrected chi connectivity index (χ1v) is 8.99. The van der Waals surface area contributed by atoms with Crippen molar-refractivity contribution in [2.24, 2.45) is 0 Å². The summed E-state index contributed by atoms with van der Waals surface area (Å²) in [7, 11) is 0. The molecular weight excluding hydrogens is 406 g/mol. The molecule has 7 nitrogen and oxygen atoms in total. The van der Waals surface area contributed by atoms with Gasteiger partial charge >= 0.3 is 6.18 Å². The fourth-order valence-corrected chi connectivity index (χ4v) is 3.50. The molecule has 1 aromatic carbocycles. The molecule has 0 aliphatic carbocycles. The lowest BCUT2D eigenvalue weighted by Gasteiger charge is -2.26. The third kappa shape index (κ3) is 3.82. The summed E-state index contributed by atoms with van der Waals surface area (Å²) in [6.45, 7) is -1.55. The minimum absolute atomic E-state index is 0.0410. The number of carbonyl (C=O) groups is 1. The number of halogens is 4. The van der Waals surface area contributed by atoms with E-state index in [0.717, 1.165) is 10.7 Å². The van der Waals surface area contributed by atoms with Crippen molar-refractivity contribution in [1.29, 1.82) is 0 Å². The molecule has 30 heavy (non-hydrogen) atoms. The lowest BCUT2D eigenvalue weighted by molar-refractivity contribution is -0.134. The number of anilines is 1. The van der Waals surface area contributed by atoms with Crippen molar-refractivity contribution in [2.75, 3.05) is 11.4 Å². The maximum atomic E-state index is 14.3. The Bertz CT molecular complexity index is 1150. The molecule has 1 unspecified atom stereocenters. The summed E-state index contributed by atoms with van der Waals surface area (Å²) in [5.41, 5.74) is 0.300. The van der Waals surface area contributed by atoms with E-state index in [1.807, 2.05) is 0 Å². The van der Waals surface area contributed by atoms with E-state index in [-0.39, 0.29) is 35.3 Å². The molecule has 3 aromatic rings. The van der Waals surface area contributed by atoms with Crippen LogP contribution in [0.15, 0.2) is 47.5 Å². The van der Waals surface area contributed by atoms with Gasteiger partial charge in [0.15, 0.2) is 0 Å². The van der Waals surface area contributed by atoms with E-state index in [9.17, 15) is 27.2 Å². The van der Waals surface area contributed by atoms with Crippen LogP contribution in [0.2, 0.25) is 0 Å². The smallest absolute Gasteiger partial charge is 0.329 e. The summed E-state index contributed by atoms with van der Waals surface area (Å²) >= 11 is 0. The molecule has 1 aliphatic heterocycles. The first kappa shape index (κ1) is 19.8. The summed E-state index contributed by atoms with van der Waals surface area (Å²) in [5.74, 6) is -1.53. The standard InChI is InChI=1S/C19H15F4N5O2/c20-13-2-1-3-15-12(13)4-5-16(18(30)27(15)10-19(21,22)23)28-9-14(25-26-28)11-6-7-24-17(29)8-11/h1-3,6-9,16H,4-5,10H2,(H,24,29). The molecule has 0 saturated carbocycles. The Morgan fingerprint density at radius 2 is 2.00 bits per heavy atom. The van der Waals surface area contributed by atoms with Gasteiger partial charge in [0.1, 0.15) is 24.1 Å². The number of carbonyl (C=O) groups excluding carboxylic acids is 1. The average molecular weight is 421 g/mol. The molecule has 1 atom stereocenters. The Balaban J connectivity index is 1.73. The summed E-state index contributed by atoms with van der Waals surface area (Å²) in [6, 6.07) is 5.47. The number of hydrogen-bond acceptors (Lipinski definition) is 4. The van der Waals surface area contributed by atoms with Gasteiger partial charge in [0.2, 0.25) is 5.56 Å². The predicted octanol–water partition coefficient (Wildman–Crippen LogP) is 2.86. The zero-order chi connectivity index (χ0) is 21.5. The molecule has 0 saturated heterocycles. The summed E-state index contributed by atoms with van der Waals surface area (Å²) in [5, 5.41) is 7.81. The van der Waals surface area contributed by atoms with Crippen molar-refractivity contribution in [1.82, 2.24) is 20.0 Å². The predicted molar refractivity (Wildman–Crippen MR) is 98.2 cm³/mol. The van der Waals surface area contributed by atoms with Crippen LogP contribution in [0, 0.1) is 5.82 Å². The van der Waals surface area contributed by atoms with Crippen molar-refractivity contribution < 1.29 is 22.4 Å². The van der Waals surface area contributed by atoms with Crippen LogP contribution in [0.1, 0.15) is 18.0 Å². The lowest BCUT2D eigenvalue weighted by atomic mass is 10.1. The zero-order valence-electron chi connectivity index (χ0n) is 15.4. The second-order valence-corrected chi connectivity index (χ2v) is 6.86. The van der Waals surface area contributed by atoms with Crippen molar-refractivity contribution in [3.05, 3.63) is 64.5 Å². The van der Waals surface area contributed by atoms with Crippen LogP contribution < -0.4 is 10.5 Å². The number of pyridine rings is 1. The largest absolute Gasteiger partial charge is 0.406 e. The number of alkyl halides is 3. The lowest BCUT2D eigenvalue weighted by Crippen LogP contribution is -2.42. The van der Waals surface area contributed by atoms with Crippen LogP contribution in [-0.4, -0.2) is 38.6 Å². The van der Waals surface area contributed by atoms with E-state index in [0.29, 0.717) is 10.5 Å². The Labute approximate surface area is 166 Å². The first-order valence-electron chi connectivity index (χ1n) is 8.99. The van der Waals surface area contributed by atoms with Crippen LogP contribution in [0.4, 0.5) is 23.2 Å². The molecule has 0 spiro atoms. The summed E-state index contributed by atoms with van der Waals surface area (Å²) in [6.07, 6.45) is -1.79. The Morgan fingerprint density at radius 3 is 2.73 bits per heavy atom. The van der Waals surface area contributed by atoms with Gasteiger partial charge in [-0.3, -0.25) is 9.59 Å². The van der Waals surface area contributed by atoms with Gasteiger partial charge in [0, 0.05) is 23.4 Å². The second-order valence-electron chi connectivity index (χ2n) is 6.86. The molecule has 3 heterocycles. The first-order chi connectivity index (χ1) is 14.2. The normalized spacial score (nSPS) is 17.0. The molecule has 0 bridgehead atoms. The number of rotatable bonds is 3. The number of H-pyrrole nitrogens is 1. The molecule has 1 aliphatic rings. The van der Waals surface area contributed by atoms with Crippen LogP contribution in [0.3, 0.4) is 0 Å². The van der Waals surface area contributed by atoms with Gasteiger partial charge in [-0.2, -0.15) is 13.2 Å². The van der Waals surface area contributed by atoms with Gasteiger partial charge in [-0.05, 0) is 31.0 Å². The molecule has 0 fully saturated rings. The maximum absolute atomic E-state index is 14.3. The highest BCUT2D eigenvalue weighted by Crippen LogP contribution is 2.35. The SMILES string of the molecule is O=C1C(n2cc(-c3cc[nH]c(=O)c3)nn2)CCc2c(F)cccc2N1CC(F)(F)F. The fraction of sp³-hybridized carbons (Fsp3) is 0.263. The minimum Gasteiger partial charge on any atom is -0.329 e. The number of fused-ring (bicyclic) bond motifs is 1. The maximum Gasteiger partial charge on any atom is 0.406 e. The number of nitrogens with one attached hydrogen (secondary N) is 1. The Kier molecular flexibility index (Phi) is 4.88. The highest BCUT2D eigenvalue weighted by Gasteiger charge is 2.40. The van der Waals surface area contributed by atoms with Crippen molar-refractivity contribution in [2.45, 2.75) is 25.1 Å². The third-order valence-corrected chi connectivity index (χ3v) is 4.84. The molecule has 2 aromatic heterocycles. The van der Waals surface area contributed by atoms with E-state index < -0.39 is 30.5 Å². The van der Waals surface area contributed by atoms with Crippen molar-refractivity contribution >= 4 is 11.6 Å². The topological polar surface area (TPSA) is 83.9 Å². The fourth-order valence-electron chi connectivity index (χ4n) is 3.50. The number of aromatic amines is 1. The molecular formula is C19H15F4N5O2. The average Bonchev–Trinajstić information content (AvgIpc) is 3.11. The van der Waals surface area contributed by atoms with E-state index in [4.69, 9.17) is 0 Å². The highest BCUT2D eigenvalue weighted by molar-refractivity contribution is 5.97. The van der Waals surface area contributed by atoms with Gasteiger partial charge in [-0.1, -0.05) is 11.3 Å². The summed E-state index contributed by atoms with van der Waals surface area (Å²) in [4.78, 5) is 27.5. The van der Waals surface area contributed by atoms with Crippen molar-refractivity contribution in [3.8, 4) is 11.3 Å². The van der Waals surface area contributed by atoms with E-state index in [1.54, 1.807) is 6.07 Å². The van der Waals surface area contributed by atoms with Crippen LogP contribution in [0.5, 0.6) is 0 Å². The monoisotopic (exact) mass is 421 g/mol. The molecule has 0 radical (unpaired) electrons. The number of aromatic nitrogens is 4. The Morgan fingerprint density at radius 1 is 1.20 bits per heavy atom. The quantitative estimate of drug-likeness (QED) is 0.660. The van der Waals surface area contributed by atoms with Gasteiger partial charge < -0.3 is 9.88 Å². The van der Waals surface area contributed by atoms with Gasteiger partial charge in [-0.15, -0.1) is 5.10 Å². The third-order valence-electron chi connectivity index (χ3n) is 4.84. The Hall–Kier alpha value is -3.50. The molecule has 11 heteroatoms. The minimum atomic E-state index is -4.67. The number of nitrogens with zero attached hydrogens (tertiary/aromatic N) is 4. The highest BCUT2D eigenvalue weighted by atomic mass is 19.4. The van der Waals surface area contributed by atoms with Gasteiger partial charge in [-0.25, -0.2) is 9.07 Å². The number of amides is 1. The van der Waals surface area contributed by atoms with E-state index in [2.05, 4.69) is 15.3 Å². The second kappa shape index (κ2) is 7.39. The molecule has 156 valence electrons. The van der Waals surface area contributed by atoms with Gasteiger partial charge in [0.25, 0.3) is 5.91 Å². The zero-order valence-corrected chi connectivity index (χ0v) is 15.4. The van der Waals surface area contributed by atoms with E-state index >= 15 is 0 Å². The molecule has 1 amide bonds. The van der Waals surface area contributed by atoms with Gasteiger partial charge in [0.05, 0.1) is 11.9 Å². The van der Waals surface area contributed by atoms with E-state index in [1.165, 1.54) is 30.6 Å².